The van der Waals surface area contributed by atoms with Gasteiger partial charge in [0.2, 0.25) is 0 Å². The molecule has 0 bridgehead atoms. The number of hydrogen-bond donors (Lipinski definition) is 1. The summed E-state index contributed by atoms with van der Waals surface area (Å²) in [5.74, 6) is -0.232. The Morgan fingerprint density at radius 1 is 1.07 bits per heavy atom. The third-order valence-corrected chi connectivity index (χ3v) is 5.00. The number of aryl methyl sites for hydroxylation is 3. The molecule has 0 fully saturated rings. The summed E-state index contributed by atoms with van der Waals surface area (Å²) >= 11 is 0. The van der Waals surface area contributed by atoms with Crippen LogP contribution >= 0.6 is 0 Å². The average molecular weight is 396 g/mol. The SMILES string of the molecule is Cc1cc(C(F)F)n2ncc(C(=O)Nc3ccc4c(C)c(C)c(C)nc4n3)c2n1. The standard InChI is InChI=1S/C20H18F2N6O/c1-9-7-15(17(21)22)28-19(24-9)14(8-23-28)20(29)27-16-6-5-13-11(3)10(2)12(4)25-18(13)26-16/h5-8,17H,1-4H3,(H,25,26,27,29). The molecule has 0 spiro atoms. The van der Waals surface area contributed by atoms with Crippen LogP contribution in [-0.4, -0.2) is 30.5 Å². The number of nitrogens with zero attached hydrogens (tertiary/aromatic N) is 5. The van der Waals surface area contributed by atoms with Crippen molar-refractivity contribution in [2.45, 2.75) is 34.1 Å². The number of halogens is 2. The summed E-state index contributed by atoms with van der Waals surface area (Å²) in [4.78, 5) is 25.9. The number of fused-ring (bicyclic) bond motifs is 2. The number of pyridine rings is 2. The van der Waals surface area contributed by atoms with Gasteiger partial charge in [0.15, 0.2) is 11.3 Å². The molecule has 4 heterocycles. The molecular weight excluding hydrogens is 378 g/mol. The smallest absolute Gasteiger partial charge is 0.280 e. The predicted octanol–water partition coefficient (Wildman–Crippen LogP) is 4.10. The molecule has 0 radical (unpaired) electrons. The highest BCUT2D eigenvalue weighted by Gasteiger charge is 2.21. The molecule has 0 aliphatic carbocycles. The van der Waals surface area contributed by atoms with Gasteiger partial charge in [0.1, 0.15) is 17.1 Å². The monoisotopic (exact) mass is 396 g/mol. The maximum Gasteiger partial charge on any atom is 0.280 e. The first-order valence-corrected chi connectivity index (χ1v) is 8.95. The van der Waals surface area contributed by atoms with Crippen LogP contribution in [0, 0.1) is 27.7 Å². The summed E-state index contributed by atoms with van der Waals surface area (Å²) < 4.78 is 27.5. The van der Waals surface area contributed by atoms with Crippen LogP contribution in [0.25, 0.3) is 16.7 Å². The lowest BCUT2D eigenvalue weighted by atomic mass is 10.1. The van der Waals surface area contributed by atoms with E-state index in [1.807, 2.05) is 26.8 Å². The highest BCUT2D eigenvalue weighted by atomic mass is 19.3. The molecule has 9 heteroatoms. The van der Waals surface area contributed by atoms with Crippen molar-refractivity contribution in [1.29, 1.82) is 0 Å². The number of anilines is 1. The molecule has 4 aromatic rings. The van der Waals surface area contributed by atoms with Gasteiger partial charge in [-0.15, -0.1) is 0 Å². The van der Waals surface area contributed by atoms with Crippen molar-refractivity contribution < 1.29 is 13.6 Å². The average Bonchev–Trinajstić information content (AvgIpc) is 3.09. The molecule has 4 aromatic heterocycles. The molecule has 4 rings (SSSR count). The minimum Gasteiger partial charge on any atom is -0.306 e. The van der Waals surface area contributed by atoms with Gasteiger partial charge < -0.3 is 5.32 Å². The van der Waals surface area contributed by atoms with Gasteiger partial charge in [0, 0.05) is 16.8 Å². The van der Waals surface area contributed by atoms with Crippen molar-refractivity contribution >= 4 is 28.4 Å². The Morgan fingerprint density at radius 2 is 1.83 bits per heavy atom. The van der Waals surface area contributed by atoms with Crippen molar-refractivity contribution in [3.05, 3.63) is 58.2 Å². The molecule has 1 amide bonds. The van der Waals surface area contributed by atoms with Crippen molar-refractivity contribution in [2.75, 3.05) is 5.32 Å². The van der Waals surface area contributed by atoms with E-state index in [1.165, 1.54) is 12.3 Å². The molecule has 1 N–H and O–H groups in total. The van der Waals surface area contributed by atoms with E-state index in [0.717, 1.165) is 26.7 Å². The Morgan fingerprint density at radius 3 is 2.55 bits per heavy atom. The first-order valence-electron chi connectivity index (χ1n) is 8.95. The van der Waals surface area contributed by atoms with Crippen LogP contribution < -0.4 is 5.32 Å². The molecule has 148 valence electrons. The van der Waals surface area contributed by atoms with Gasteiger partial charge in [-0.05, 0) is 57.0 Å². The number of amides is 1. The highest BCUT2D eigenvalue weighted by molar-refractivity contribution is 6.08. The van der Waals surface area contributed by atoms with Gasteiger partial charge in [-0.1, -0.05) is 0 Å². The molecule has 0 aromatic carbocycles. The van der Waals surface area contributed by atoms with E-state index in [-0.39, 0.29) is 16.9 Å². The number of carbonyl (C=O) groups excluding carboxylic acids is 1. The lowest BCUT2D eigenvalue weighted by Gasteiger charge is -2.10. The summed E-state index contributed by atoms with van der Waals surface area (Å²) in [6, 6.07) is 4.77. The van der Waals surface area contributed by atoms with E-state index in [1.54, 1.807) is 13.0 Å². The fraction of sp³-hybridized carbons (Fsp3) is 0.250. The largest absolute Gasteiger partial charge is 0.306 e. The first kappa shape index (κ1) is 18.9. The van der Waals surface area contributed by atoms with Crippen LogP contribution in [0.1, 0.15) is 45.0 Å². The van der Waals surface area contributed by atoms with Crippen LogP contribution in [0.2, 0.25) is 0 Å². The predicted molar refractivity (Wildman–Crippen MR) is 104 cm³/mol. The van der Waals surface area contributed by atoms with E-state index in [4.69, 9.17) is 0 Å². The van der Waals surface area contributed by atoms with Gasteiger partial charge in [0.25, 0.3) is 12.3 Å². The fourth-order valence-electron chi connectivity index (χ4n) is 3.22. The minimum absolute atomic E-state index is 0.0685. The van der Waals surface area contributed by atoms with Crippen molar-refractivity contribution in [3.63, 3.8) is 0 Å². The fourth-order valence-corrected chi connectivity index (χ4v) is 3.22. The molecule has 0 unspecified atom stereocenters. The van der Waals surface area contributed by atoms with Gasteiger partial charge in [-0.3, -0.25) is 4.79 Å². The molecule has 0 saturated carbocycles. The van der Waals surface area contributed by atoms with Crippen LogP contribution in [0.15, 0.2) is 24.4 Å². The summed E-state index contributed by atoms with van der Waals surface area (Å²) in [6.45, 7) is 7.49. The zero-order valence-corrected chi connectivity index (χ0v) is 16.3. The molecule has 0 saturated heterocycles. The van der Waals surface area contributed by atoms with Crippen molar-refractivity contribution in [3.8, 4) is 0 Å². The number of aromatic nitrogens is 5. The second-order valence-corrected chi connectivity index (χ2v) is 6.89. The lowest BCUT2D eigenvalue weighted by molar-refractivity contribution is 0.102. The Bertz CT molecular complexity index is 1280. The Kier molecular flexibility index (Phi) is 4.45. The number of nitrogens with one attached hydrogen (secondary N) is 1. The van der Waals surface area contributed by atoms with Crippen LogP contribution in [-0.2, 0) is 0 Å². The number of carbonyl (C=O) groups is 1. The molecular formula is C20H18F2N6O. The topological polar surface area (TPSA) is 85.1 Å². The number of rotatable bonds is 3. The first-order chi connectivity index (χ1) is 13.8. The van der Waals surface area contributed by atoms with E-state index in [0.29, 0.717) is 17.2 Å². The second-order valence-electron chi connectivity index (χ2n) is 6.89. The quantitative estimate of drug-likeness (QED) is 0.564. The van der Waals surface area contributed by atoms with Gasteiger partial charge in [0.05, 0.1) is 6.20 Å². The second kappa shape index (κ2) is 6.84. The van der Waals surface area contributed by atoms with Crippen molar-refractivity contribution in [1.82, 2.24) is 24.6 Å². The number of alkyl halides is 2. The Hall–Kier alpha value is -3.49. The Balaban J connectivity index is 1.72. The minimum atomic E-state index is -2.74. The van der Waals surface area contributed by atoms with Gasteiger partial charge in [-0.2, -0.15) is 5.10 Å². The molecule has 7 nitrogen and oxygen atoms in total. The normalized spacial score (nSPS) is 11.6. The zero-order chi connectivity index (χ0) is 20.9. The van der Waals surface area contributed by atoms with Gasteiger partial charge in [-0.25, -0.2) is 28.2 Å². The van der Waals surface area contributed by atoms with Crippen molar-refractivity contribution in [2.24, 2.45) is 0 Å². The zero-order valence-electron chi connectivity index (χ0n) is 16.3. The van der Waals surface area contributed by atoms with E-state index in [9.17, 15) is 13.6 Å². The summed E-state index contributed by atoms with van der Waals surface area (Å²) in [5, 5.41) is 7.49. The third-order valence-electron chi connectivity index (χ3n) is 5.00. The molecule has 0 aliphatic rings. The summed E-state index contributed by atoms with van der Waals surface area (Å²) in [7, 11) is 0. The molecule has 0 atom stereocenters. The maximum absolute atomic E-state index is 13.3. The van der Waals surface area contributed by atoms with E-state index < -0.39 is 12.3 Å². The molecule has 0 aliphatic heterocycles. The van der Waals surface area contributed by atoms with Crippen LogP contribution in [0.5, 0.6) is 0 Å². The van der Waals surface area contributed by atoms with E-state index >= 15 is 0 Å². The van der Waals surface area contributed by atoms with Gasteiger partial charge >= 0.3 is 0 Å². The molecule has 29 heavy (non-hydrogen) atoms. The van der Waals surface area contributed by atoms with Crippen LogP contribution in [0.4, 0.5) is 14.6 Å². The summed E-state index contributed by atoms with van der Waals surface area (Å²) in [5.41, 5.74) is 3.78. The Labute approximate surface area is 164 Å². The number of hydrogen-bond acceptors (Lipinski definition) is 5. The van der Waals surface area contributed by atoms with Crippen LogP contribution in [0.3, 0.4) is 0 Å². The summed E-state index contributed by atoms with van der Waals surface area (Å²) in [6.07, 6.45) is -1.52. The highest BCUT2D eigenvalue weighted by Crippen LogP contribution is 2.24. The maximum atomic E-state index is 13.3. The van der Waals surface area contributed by atoms with E-state index in [2.05, 4.69) is 25.4 Å². The third kappa shape index (κ3) is 3.18. The lowest BCUT2D eigenvalue weighted by Crippen LogP contribution is -2.14.